The molecule has 2 aromatic rings. The van der Waals surface area contributed by atoms with E-state index in [4.69, 9.17) is 5.73 Å². The monoisotopic (exact) mass is 175 g/mol. The SMILES string of the molecule is CCC(N)c1cccc2ccnn12. The Bertz CT molecular complexity index is 405. The molecule has 68 valence electrons. The Morgan fingerprint density at radius 3 is 3.08 bits per heavy atom. The average molecular weight is 175 g/mol. The van der Waals surface area contributed by atoms with Crippen LogP contribution >= 0.6 is 0 Å². The molecule has 13 heavy (non-hydrogen) atoms. The van der Waals surface area contributed by atoms with Crippen molar-refractivity contribution >= 4 is 5.52 Å². The van der Waals surface area contributed by atoms with Crippen LogP contribution in [0.4, 0.5) is 0 Å². The Balaban J connectivity index is 2.60. The maximum atomic E-state index is 5.96. The van der Waals surface area contributed by atoms with Gasteiger partial charge in [0.25, 0.3) is 0 Å². The van der Waals surface area contributed by atoms with E-state index in [0.717, 1.165) is 17.6 Å². The van der Waals surface area contributed by atoms with Gasteiger partial charge < -0.3 is 5.73 Å². The molecule has 0 aliphatic rings. The van der Waals surface area contributed by atoms with Crippen LogP contribution in [0.5, 0.6) is 0 Å². The second-order valence-electron chi connectivity index (χ2n) is 3.13. The molecule has 3 nitrogen and oxygen atoms in total. The van der Waals surface area contributed by atoms with Crippen LogP contribution in [0.2, 0.25) is 0 Å². The molecule has 0 saturated heterocycles. The van der Waals surface area contributed by atoms with Gasteiger partial charge in [0.05, 0.1) is 11.2 Å². The highest BCUT2D eigenvalue weighted by Gasteiger charge is 2.07. The molecule has 0 radical (unpaired) electrons. The zero-order valence-corrected chi connectivity index (χ0v) is 7.64. The summed E-state index contributed by atoms with van der Waals surface area (Å²) in [6.07, 6.45) is 2.72. The van der Waals surface area contributed by atoms with E-state index in [-0.39, 0.29) is 6.04 Å². The van der Waals surface area contributed by atoms with Crippen molar-refractivity contribution in [2.24, 2.45) is 5.73 Å². The number of rotatable bonds is 2. The molecular formula is C10H13N3. The zero-order chi connectivity index (χ0) is 9.26. The van der Waals surface area contributed by atoms with Crippen LogP contribution in [0.3, 0.4) is 0 Å². The third-order valence-electron chi connectivity index (χ3n) is 2.27. The van der Waals surface area contributed by atoms with Gasteiger partial charge in [-0.2, -0.15) is 5.10 Å². The molecule has 0 aliphatic carbocycles. The van der Waals surface area contributed by atoms with E-state index in [1.165, 1.54) is 0 Å². The first-order valence-corrected chi connectivity index (χ1v) is 4.51. The summed E-state index contributed by atoms with van der Waals surface area (Å²) in [6, 6.07) is 8.12. The van der Waals surface area contributed by atoms with Crippen LogP contribution < -0.4 is 5.73 Å². The van der Waals surface area contributed by atoms with Crippen LogP contribution in [0.1, 0.15) is 25.1 Å². The number of aromatic nitrogens is 2. The summed E-state index contributed by atoms with van der Waals surface area (Å²) in [4.78, 5) is 0. The number of pyridine rings is 1. The lowest BCUT2D eigenvalue weighted by Crippen LogP contribution is -2.13. The van der Waals surface area contributed by atoms with Crippen LogP contribution in [-0.4, -0.2) is 9.61 Å². The van der Waals surface area contributed by atoms with E-state index in [2.05, 4.69) is 12.0 Å². The molecule has 0 saturated carbocycles. The Labute approximate surface area is 77.2 Å². The van der Waals surface area contributed by atoms with E-state index >= 15 is 0 Å². The van der Waals surface area contributed by atoms with Crippen LogP contribution in [0.15, 0.2) is 30.5 Å². The summed E-state index contributed by atoms with van der Waals surface area (Å²) >= 11 is 0. The third-order valence-corrected chi connectivity index (χ3v) is 2.27. The van der Waals surface area contributed by atoms with Crippen molar-refractivity contribution in [3.63, 3.8) is 0 Å². The van der Waals surface area contributed by atoms with Crippen molar-refractivity contribution in [3.8, 4) is 0 Å². The Hall–Kier alpha value is -1.35. The summed E-state index contributed by atoms with van der Waals surface area (Å²) in [6.45, 7) is 2.08. The van der Waals surface area contributed by atoms with Gasteiger partial charge in [-0.15, -0.1) is 0 Å². The van der Waals surface area contributed by atoms with Gasteiger partial charge in [-0.1, -0.05) is 13.0 Å². The number of nitrogens with zero attached hydrogens (tertiary/aromatic N) is 2. The van der Waals surface area contributed by atoms with Crippen molar-refractivity contribution in [1.29, 1.82) is 0 Å². The lowest BCUT2D eigenvalue weighted by Gasteiger charge is -2.10. The molecular weight excluding hydrogens is 162 g/mol. The number of fused-ring (bicyclic) bond motifs is 1. The summed E-state index contributed by atoms with van der Waals surface area (Å²) in [5.41, 5.74) is 8.13. The van der Waals surface area contributed by atoms with Gasteiger partial charge in [0.1, 0.15) is 0 Å². The molecule has 1 atom stereocenters. The van der Waals surface area contributed by atoms with Gasteiger partial charge >= 0.3 is 0 Å². The third kappa shape index (κ3) is 1.31. The largest absolute Gasteiger partial charge is 0.323 e. The smallest absolute Gasteiger partial charge is 0.0665 e. The predicted molar refractivity (Wildman–Crippen MR) is 52.4 cm³/mol. The highest BCUT2D eigenvalue weighted by atomic mass is 15.2. The quantitative estimate of drug-likeness (QED) is 0.755. The highest BCUT2D eigenvalue weighted by molar-refractivity contribution is 5.46. The molecule has 2 N–H and O–H groups in total. The van der Waals surface area contributed by atoms with Crippen molar-refractivity contribution in [1.82, 2.24) is 9.61 Å². The van der Waals surface area contributed by atoms with Gasteiger partial charge in [0.2, 0.25) is 0 Å². The first kappa shape index (κ1) is 8.26. The van der Waals surface area contributed by atoms with Crippen molar-refractivity contribution in [3.05, 3.63) is 36.2 Å². The fourth-order valence-corrected chi connectivity index (χ4v) is 1.46. The number of hydrogen-bond donors (Lipinski definition) is 1. The maximum absolute atomic E-state index is 5.96. The summed E-state index contributed by atoms with van der Waals surface area (Å²) in [5.74, 6) is 0. The van der Waals surface area contributed by atoms with E-state index < -0.39 is 0 Å². The molecule has 0 spiro atoms. The zero-order valence-electron chi connectivity index (χ0n) is 7.64. The molecule has 0 aromatic carbocycles. The fraction of sp³-hybridized carbons (Fsp3) is 0.300. The Kier molecular flexibility index (Phi) is 2.02. The standard InChI is InChI=1S/C10H13N3/c1-2-9(11)10-5-3-4-8-6-7-12-13(8)10/h3-7,9H,2,11H2,1H3. The summed E-state index contributed by atoms with van der Waals surface area (Å²) < 4.78 is 1.90. The normalized spacial score (nSPS) is 13.4. The van der Waals surface area contributed by atoms with E-state index in [1.54, 1.807) is 6.20 Å². The lowest BCUT2D eigenvalue weighted by atomic mass is 10.1. The second-order valence-corrected chi connectivity index (χ2v) is 3.13. The predicted octanol–water partition coefficient (Wildman–Crippen LogP) is 1.74. The Morgan fingerprint density at radius 1 is 1.46 bits per heavy atom. The minimum absolute atomic E-state index is 0.0728. The van der Waals surface area contributed by atoms with Gasteiger partial charge in [-0.3, -0.25) is 0 Å². The molecule has 2 rings (SSSR count). The van der Waals surface area contributed by atoms with Gasteiger partial charge in [-0.25, -0.2) is 4.52 Å². The summed E-state index contributed by atoms with van der Waals surface area (Å²) in [7, 11) is 0. The molecule has 2 aromatic heterocycles. The minimum Gasteiger partial charge on any atom is -0.323 e. The van der Waals surface area contributed by atoms with Crippen molar-refractivity contribution in [2.75, 3.05) is 0 Å². The minimum atomic E-state index is 0.0728. The first-order chi connectivity index (χ1) is 6.33. The highest BCUT2D eigenvalue weighted by Crippen LogP contribution is 2.14. The fourth-order valence-electron chi connectivity index (χ4n) is 1.46. The van der Waals surface area contributed by atoms with Gasteiger partial charge in [0, 0.05) is 12.2 Å². The van der Waals surface area contributed by atoms with Gasteiger partial charge in [0.15, 0.2) is 0 Å². The van der Waals surface area contributed by atoms with E-state index in [9.17, 15) is 0 Å². The number of hydrogen-bond acceptors (Lipinski definition) is 2. The molecule has 0 fully saturated rings. The topological polar surface area (TPSA) is 43.3 Å². The Morgan fingerprint density at radius 2 is 2.31 bits per heavy atom. The van der Waals surface area contributed by atoms with Crippen LogP contribution in [-0.2, 0) is 0 Å². The molecule has 3 heteroatoms. The van der Waals surface area contributed by atoms with Crippen molar-refractivity contribution in [2.45, 2.75) is 19.4 Å². The summed E-state index contributed by atoms with van der Waals surface area (Å²) in [5, 5.41) is 4.22. The second kappa shape index (κ2) is 3.18. The molecule has 0 amide bonds. The maximum Gasteiger partial charge on any atom is 0.0665 e. The van der Waals surface area contributed by atoms with Crippen LogP contribution in [0.25, 0.3) is 5.52 Å². The van der Waals surface area contributed by atoms with E-state index in [1.807, 2.05) is 28.8 Å². The van der Waals surface area contributed by atoms with Crippen molar-refractivity contribution < 1.29 is 0 Å². The number of nitrogens with two attached hydrogens (primary N) is 1. The molecule has 0 bridgehead atoms. The lowest BCUT2D eigenvalue weighted by molar-refractivity contribution is 0.647. The molecule has 1 unspecified atom stereocenters. The van der Waals surface area contributed by atoms with Crippen LogP contribution in [0, 0.1) is 0 Å². The average Bonchev–Trinajstić information content (AvgIpc) is 2.63. The van der Waals surface area contributed by atoms with Gasteiger partial charge in [-0.05, 0) is 24.6 Å². The first-order valence-electron chi connectivity index (χ1n) is 4.51. The molecule has 0 aliphatic heterocycles. The van der Waals surface area contributed by atoms with E-state index in [0.29, 0.717) is 0 Å². The molecule has 2 heterocycles.